The van der Waals surface area contributed by atoms with E-state index in [0.29, 0.717) is 6.54 Å². The van der Waals surface area contributed by atoms with E-state index < -0.39 is 10.0 Å². The smallest absolute Gasteiger partial charge is 0.257 e. The first-order valence-corrected chi connectivity index (χ1v) is 5.14. The average Bonchev–Trinajstić information content (AvgIpc) is 2.53. The Kier molecular flexibility index (Phi) is 2.83. The van der Waals surface area contributed by atoms with Crippen molar-refractivity contribution in [2.45, 2.75) is 18.4 Å². The highest BCUT2D eigenvalue weighted by Crippen LogP contribution is 2.01. The zero-order chi connectivity index (χ0) is 9.03. The predicted molar refractivity (Wildman–Crippen MR) is 44.1 cm³/mol. The van der Waals surface area contributed by atoms with Crippen LogP contribution >= 0.6 is 0 Å². The molecular formula is C6H11N3O2S. The van der Waals surface area contributed by atoms with Crippen molar-refractivity contribution in [3.63, 3.8) is 0 Å². The molecule has 12 heavy (non-hydrogen) atoms. The summed E-state index contributed by atoms with van der Waals surface area (Å²) in [7, 11) is -3.35. The summed E-state index contributed by atoms with van der Waals surface area (Å²) in [5.41, 5.74) is 0. The van der Waals surface area contributed by atoms with Gasteiger partial charge in [0.05, 0.1) is 6.20 Å². The van der Waals surface area contributed by atoms with Crippen molar-refractivity contribution in [3.05, 3.63) is 12.3 Å². The number of hydrogen-bond acceptors (Lipinski definition) is 3. The number of hydrogen-bond donors (Lipinski definition) is 2. The van der Waals surface area contributed by atoms with E-state index >= 15 is 0 Å². The number of nitrogens with zero attached hydrogens (tertiary/aromatic N) is 1. The van der Waals surface area contributed by atoms with Crippen LogP contribution in [0.5, 0.6) is 0 Å². The van der Waals surface area contributed by atoms with Crippen molar-refractivity contribution in [1.82, 2.24) is 14.9 Å². The van der Waals surface area contributed by atoms with E-state index in [-0.39, 0.29) is 5.03 Å². The van der Waals surface area contributed by atoms with E-state index in [1.807, 2.05) is 6.92 Å². The zero-order valence-electron chi connectivity index (χ0n) is 6.74. The molecule has 1 heterocycles. The zero-order valence-corrected chi connectivity index (χ0v) is 7.56. The molecule has 0 radical (unpaired) electrons. The maximum Gasteiger partial charge on any atom is 0.257 e. The van der Waals surface area contributed by atoms with Gasteiger partial charge in [-0.25, -0.2) is 13.1 Å². The second-order valence-electron chi connectivity index (χ2n) is 2.32. The van der Waals surface area contributed by atoms with Gasteiger partial charge in [0.1, 0.15) is 0 Å². The molecule has 0 spiro atoms. The van der Waals surface area contributed by atoms with Gasteiger partial charge in [-0.05, 0) is 12.5 Å². The first kappa shape index (κ1) is 9.21. The van der Waals surface area contributed by atoms with Crippen LogP contribution in [0.25, 0.3) is 0 Å². The van der Waals surface area contributed by atoms with Crippen LogP contribution in [0.1, 0.15) is 13.3 Å². The molecule has 0 saturated heterocycles. The van der Waals surface area contributed by atoms with Gasteiger partial charge in [0.25, 0.3) is 10.0 Å². The Balaban J connectivity index is 2.74. The number of sulfonamides is 1. The number of rotatable bonds is 4. The van der Waals surface area contributed by atoms with Crippen molar-refractivity contribution in [1.29, 1.82) is 0 Å². The minimum atomic E-state index is -3.35. The third-order valence-corrected chi connectivity index (χ3v) is 2.70. The second-order valence-corrected chi connectivity index (χ2v) is 4.05. The fraction of sp³-hybridized carbons (Fsp3) is 0.500. The molecule has 0 aromatic carbocycles. The number of aromatic nitrogens is 2. The van der Waals surface area contributed by atoms with Crippen LogP contribution in [0.2, 0.25) is 0 Å². The molecular weight excluding hydrogens is 178 g/mol. The molecule has 0 unspecified atom stereocenters. The third kappa shape index (κ3) is 2.05. The first-order valence-electron chi connectivity index (χ1n) is 3.66. The van der Waals surface area contributed by atoms with Crippen molar-refractivity contribution in [2.24, 2.45) is 0 Å². The Morgan fingerprint density at radius 3 is 2.92 bits per heavy atom. The van der Waals surface area contributed by atoms with Gasteiger partial charge in [-0.3, -0.25) is 5.10 Å². The summed E-state index contributed by atoms with van der Waals surface area (Å²) >= 11 is 0. The summed E-state index contributed by atoms with van der Waals surface area (Å²) in [4.78, 5) is 0. The third-order valence-electron chi connectivity index (χ3n) is 1.31. The summed E-state index contributed by atoms with van der Waals surface area (Å²) in [5, 5.41) is 6.05. The Hall–Kier alpha value is -0.880. The maximum absolute atomic E-state index is 11.3. The molecule has 0 saturated carbocycles. The topological polar surface area (TPSA) is 74.8 Å². The summed E-state index contributed by atoms with van der Waals surface area (Å²) in [6.45, 7) is 2.34. The van der Waals surface area contributed by atoms with E-state index in [4.69, 9.17) is 0 Å². The van der Waals surface area contributed by atoms with E-state index in [1.54, 1.807) is 0 Å². The van der Waals surface area contributed by atoms with Crippen molar-refractivity contribution >= 4 is 10.0 Å². The molecule has 0 amide bonds. The molecule has 0 atom stereocenters. The normalized spacial score (nSPS) is 11.8. The molecule has 1 aromatic heterocycles. The second kappa shape index (κ2) is 3.68. The summed E-state index contributed by atoms with van der Waals surface area (Å²) in [6.07, 6.45) is 2.17. The molecule has 5 nitrogen and oxygen atoms in total. The van der Waals surface area contributed by atoms with Gasteiger partial charge in [0.15, 0.2) is 5.03 Å². The standard InChI is InChI=1S/C6H11N3O2S/c1-2-4-8-12(10,11)6-3-5-7-9-6/h3,5,8H,2,4H2,1H3,(H,7,9). The quantitative estimate of drug-likeness (QED) is 0.705. The van der Waals surface area contributed by atoms with E-state index in [2.05, 4.69) is 14.9 Å². The van der Waals surface area contributed by atoms with Gasteiger partial charge in [-0.2, -0.15) is 5.10 Å². The highest BCUT2D eigenvalue weighted by molar-refractivity contribution is 7.89. The molecule has 1 aromatic rings. The molecule has 1 rings (SSSR count). The van der Waals surface area contributed by atoms with Gasteiger partial charge in [-0.1, -0.05) is 6.92 Å². The number of H-pyrrole nitrogens is 1. The van der Waals surface area contributed by atoms with Crippen LogP contribution in [0, 0.1) is 0 Å². The highest BCUT2D eigenvalue weighted by Gasteiger charge is 2.13. The van der Waals surface area contributed by atoms with E-state index in [1.165, 1.54) is 12.3 Å². The molecule has 0 aliphatic heterocycles. The van der Waals surface area contributed by atoms with Crippen molar-refractivity contribution in [3.8, 4) is 0 Å². The number of aromatic amines is 1. The van der Waals surface area contributed by atoms with Crippen LogP contribution in [0.15, 0.2) is 17.3 Å². The van der Waals surface area contributed by atoms with Crippen LogP contribution in [0.3, 0.4) is 0 Å². The molecule has 0 aliphatic rings. The van der Waals surface area contributed by atoms with E-state index in [0.717, 1.165) is 6.42 Å². The molecule has 6 heteroatoms. The Labute approximate surface area is 71.2 Å². The monoisotopic (exact) mass is 189 g/mol. The highest BCUT2D eigenvalue weighted by atomic mass is 32.2. The van der Waals surface area contributed by atoms with Gasteiger partial charge in [0.2, 0.25) is 0 Å². The Morgan fingerprint density at radius 2 is 2.42 bits per heavy atom. The van der Waals surface area contributed by atoms with Crippen LogP contribution in [0.4, 0.5) is 0 Å². The summed E-state index contributed by atoms with van der Waals surface area (Å²) in [5.74, 6) is 0. The lowest BCUT2D eigenvalue weighted by molar-refractivity contribution is 0.576. The average molecular weight is 189 g/mol. The van der Waals surface area contributed by atoms with Gasteiger partial charge in [-0.15, -0.1) is 0 Å². The van der Waals surface area contributed by atoms with Gasteiger partial charge < -0.3 is 0 Å². The molecule has 0 bridgehead atoms. The minimum absolute atomic E-state index is 0.107. The van der Waals surface area contributed by atoms with Gasteiger partial charge >= 0.3 is 0 Å². The lowest BCUT2D eigenvalue weighted by Crippen LogP contribution is -2.24. The van der Waals surface area contributed by atoms with Crippen LogP contribution in [-0.4, -0.2) is 25.2 Å². The first-order chi connectivity index (χ1) is 5.67. The molecule has 0 aliphatic carbocycles. The van der Waals surface area contributed by atoms with E-state index in [9.17, 15) is 8.42 Å². The summed E-state index contributed by atoms with van der Waals surface area (Å²) in [6, 6.07) is 1.41. The predicted octanol–water partition coefficient (Wildman–Crippen LogP) is 0.0980. The van der Waals surface area contributed by atoms with Crippen molar-refractivity contribution in [2.75, 3.05) is 6.54 Å². The molecule has 68 valence electrons. The molecule has 2 N–H and O–H groups in total. The van der Waals surface area contributed by atoms with Gasteiger partial charge in [0, 0.05) is 6.54 Å². The Morgan fingerprint density at radius 1 is 1.67 bits per heavy atom. The fourth-order valence-electron chi connectivity index (χ4n) is 0.707. The fourth-order valence-corrected chi connectivity index (χ4v) is 1.75. The largest absolute Gasteiger partial charge is 0.266 e. The Bertz CT molecular complexity index is 317. The van der Waals surface area contributed by atoms with Crippen LogP contribution < -0.4 is 4.72 Å². The molecule has 0 fully saturated rings. The lowest BCUT2D eigenvalue weighted by Gasteiger charge is -2.00. The van der Waals surface area contributed by atoms with Crippen LogP contribution in [-0.2, 0) is 10.0 Å². The maximum atomic E-state index is 11.3. The van der Waals surface area contributed by atoms with Crippen molar-refractivity contribution < 1.29 is 8.42 Å². The number of nitrogens with one attached hydrogen (secondary N) is 2. The summed E-state index contributed by atoms with van der Waals surface area (Å²) < 4.78 is 25.0. The minimum Gasteiger partial charge on any atom is -0.266 e. The lowest BCUT2D eigenvalue weighted by atomic mass is 10.5. The SMILES string of the molecule is CCCNS(=O)(=O)c1ccn[nH]1.